The second kappa shape index (κ2) is 17.5. The fourth-order valence-corrected chi connectivity index (χ4v) is 22.6. The first kappa shape index (κ1) is 54.4. The minimum atomic E-state index is -1.03. The zero-order valence-electron chi connectivity index (χ0n) is 52.2. The van der Waals surface area contributed by atoms with Crippen molar-refractivity contribution >= 4 is 29.8 Å². The summed E-state index contributed by atoms with van der Waals surface area (Å²) in [6, 6.07) is 68.8. The molecule has 0 aromatic heterocycles. The molecular formula is C86H58O10. The van der Waals surface area contributed by atoms with E-state index in [0.717, 1.165) is 100 Å². The number of carboxylic acids is 5. The van der Waals surface area contributed by atoms with Crippen LogP contribution in [0.2, 0.25) is 0 Å². The van der Waals surface area contributed by atoms with Crippen LogP contribution in [0.4, 0.5) is 0 Å². The predicted molar refractivity (Wildman–Crippen MR) is 361 cm³/mol. The third kappa shape index (κ3) is 5.59. The molecule has 0 bridgehead atoms. The quantitative estimate of drug-likeness (QED) is 0.0492. The van der Waals surface area contributed by atoms with Crippen molar-refractivity contribution in [1.29, 1.82) is 0 Å². The van der Waals surface area contributed by atoms with Gasteiger partial charge in [-0.05, 0) is 221 Å². The van der Waals surface area contributed by atoms with Gasteiger partial charge in [0, 0.05) is 37.5 Å². The van der Waals surface area contributed by atoms with Crippen LogP contribution in [0.15, 0.2) is 204 Å². The molecule has 0 spiro atoms. The Hall–Kier alpha value is -11.0. The SMILES string of the molecule is CC12C3=C4C5=C1[C@@]1(c6ccc(CCC(=O)O)cc6)c6c7ccc8c6C2(c2ccc(CCC(=O)O)cc2)c2c-8ccc6c2[C@]3(c2ccc(CCC(=O)O)cc2)c2c-6ccc3c2[C@]4(c2ccc(CCC(=O)O)cc2)c2c-3ccc3c2[C@]5(c2ccc(CCC(=O)O)cc2)c2c-3ccc-7c21. The molecule has 2 unspecified atom stereocenters. The van der Waals surface area contributed by atoms with Crippen LogP contribution in [0.5, 0.6) is 0 Å². The van der Waals surface area contributed by atoms with Crippen LogP contribution in [0.1, 0.15) is 150 Å². The first-order valence-electron chi connectivity index (χ1n) is 33.6. The number of aliphatic carboxylic acids is 5. The summed E-state index contributed by atoms with van der Waals surface area (Å²) in [5.41, 5.74) is 33.3. The summed E-state index contributed by atoms with van der Waals surface area (Å²) in [4.78, 5) is 61.8. The highest BCUT2D eigenvalue weighted by atomic mass is 16.4. The van der Waals surface area contributed by atoms with Crippen molar-refractivity contribution in [1.82, 2.24) is 0 Å². The van der Waals surface area contributed by atoms with Gasteiger partial charge in [0.05, 0.1) is 27.1 Å². The molecule has 10 nitrogen and oxygen atoms in total. The number of benzene rings is 10. The smallest absolute Gasteiger partial charge is 0.303 e. The molecule has 10 aromatic carbocycles. The third-order valence-corrected chi connectivity index (χ3v) is 25.3. The van der Waals surface area contributed by atoms with Gasteiger partial charge in [0.1, 0.15) is 0 Å². The molecule has 0 aliphatic heterocycles. The Labute approximate surface area is 551 Å². The van der Waals surface area contributed by atoms with Gasteiger partial charge in [-0.15, -0.1) is 0 Å². The number of hydrogen-bond acceptors (Lipinski definition) is 5. The summed E-state index contributed by atoms with van der Waals surface area (Å²) >= 11 is 0. The molecule has 11 aliphatic rings. The fourth-order valence-electron chi connectivity index (χ4n) is 22.6. The number of carboxylic acid groups (broad SMARTS) is 5. The molecular weight excluding hydrogens is 1190 g/mol. The summed E-state index contributed by atoms with van der Waals surface area (Å²) in [6.07, 6.45) is 1.71. The number of aryl methyl sites for hydroxylation is 5. The summed E-state index contributed by atoms with van der Waals surface area (Å²) in [5.74, 6) is -4.30. The number of hydrogen-bond donors (Lipinski definition) is 5. The van der Waals surface area contributed by atoms with E-state index < -0.39 is 62.3 Å². The van der Waals surface area contributed by atoms with Crippen LogP contribution in [0.25, 0.3) is 55.6 Å². The Kier molecular flexibility index (Phi) is 9.91. The highest BCUT2D eigenvalue weighted by Gasteiger charge is 2.85. The molecule has 96 heavy (non-hydrogen) atoms. The van der Waals surface area contributed by atoms with Gasteiger partial charge in [-0.2, -0.15) is 0 Å². The average Bonchev–Trinajstić information content (AvgIpc) is 1.39. The summed E-state index contributed by atoms with van der Waals surface area (Å²) in [7, 11) is 0. The molecule has 10 heteroatoms. The number of allylic oxidation sites excluding steroid dienone is 4. The van der Waals surface area contributed by atoms with E-state index >= 15 is 0 Å². The Morgan fingerprint density at radius 3 is 0.667 bits per heavy atom. The van der Waals surface area contributed by atoms with E-state index in [0.29, 0.717) is 32.1 Å². The van der Waals surface area contributed by atoms with E-state index in [2.05, 4.69) is 189 Å². The Morgan fingerprint density at radius 1 is 0.250 bits per heavy atom. The lowest BCUT2D eigenvalue weighted by atomic mass is 9.35. The highest BCUT2D eigenvalue weighted by molar-refractivity contribution is 6.15. The van der Waals surface area contributed by atoms with Crippen LogP contribution >= 0.6 is 0 Å². The molecule has 0 amide bonds. The van der Waals surface area contributed by atoms with Gasteiger partial charge >= 0.3 is 29.8 Å². The van der Waals surface area contributed by atoms with Gasteiger partial charge in [-0.25, -0.2) is 0 Å². The molecule has 10 aromatic rings. The zero-order valence-corrected chi connectivity index (χ0v) is 52.2. The van der Waals surface area contributed by atoms with Gasteiger partial charge in [0.15, 0.2) is 0 Å². The van der Waals surface area contributed by atoms with Gasteiger partial charge in [0.25, 0.3) is 0 Å². The van der Waals surface area contributed by atoms with E-state index in [-0.39, 0.29) is 32.1 Å². The molecule has 0 saturated heterocycles. The Bertz CT molecular complexity index is 5260. The third-order valence-electron chi connectivity index (χ3n) is 25.3. The topological polar surface area (TPSA) is 186 Å². The van der Waals surface area contributed by atoms with E-state index in [1.54, 1.807) is 0 Å². The van der Waals surface area contributed by atoms with Crippen molar-refractivity contribution in [2.45, 2.75) is 98.2 Å². The van der Waals surface area contributed by atoms with Gasteiger partial charge < -0.3 is 25.5 Å². The van der Waals surface area contributed by atoms with Crippen molar-refractivity contribution in [3.8, 4) is 55.6 Å². The van der Waals surface area contributed by atoms with Crippen LogP contribution in [-0.2, 0) is 83.2 Å². The maximum absolute atomic E-state index is 12.4. The lowest BCUT2D eigenvalue weighted by Gasteiger charge is -2.65. The monoisotopic (exact) mass is 1250 g/mol. The standard InChI is InChI=1S/C86H58O10/c1-81-79-77-78-80(81)85(50-23-8-45(9-24-50)15-40-65(93)94)72-57-32-30-55-53-28-27-52-54-29-31-56-58-33-35-60-61-36-34-59(57)74(85)76(61)86(81,51-25-10-46(11-26-51)16-41-66(95)96)75(60)73(58)84(79,49-21-6-44(7-22-49)14-39-64(91)92)71(56)69(54)82(77,47-17-2-42(3-18-47)12-37-62(87)88)67(52)68(53)83(78,70(55)72)48-19-4-43(5-20-48)13-38-63(89)90/h2-11,17-36H,12-16,37-41H2,1H3,(H,87,88)(H,89,90)(H,91,92)(H,93,94)(H,95,96)/t81?,82-,83+,84-,85+,86?. The largest absolute Gasteiger partial charge is 0.481 e. The molecule has 11 aliphatic carbocycles. The summed E-state index contributed by atoms with van der Waals surface area (Å²) in [5, 5.41) is 50.6. The van der Waals surface area contributed by atoms with Gasteiger partial charge in [-0.3, -0.25) is 24.0 Å². The minimum Gasteiger partial charge on any atom is -0.481 e. The second-order valence-corrected chi connectivity index (χ2v) is 28.9. The molecule has 5 N–H and O–H groups in total. The van der Waals surface area contributed by atoms with Crippen LogP contribution in [0.3, 0.4) is 0 Å². The van der Waals surface area contributed by atoms with Gasteiger partial charge in [-0.1, -0.05) is 189 Å². The predicted octanol–water partition coefficient (Wildman–Crippen LogP) is 15.3. The van der Waals surface area contributed by atoms with Crippen molar-refractivity contribution in [3.63, 3.8) is 0 Å². The van der Waals surface area contributed by atoms with E-state index in [1.165, 1.54) is 89.1 Å². The zero-order chi connectivity index (χ0) is 64.8. The molecule has 6 atom stereocenters. The van der Waals surface area contributed by atoms with Crippen molar-refractivity contribution in [2.75, 3.05) is 0 Å². The normalized spacial score (nSPS) is 24.1. The molecule has 0 saturated carbocycles. The number of rotatable bonds is 20. The van der Waals surface area contributed by atoms with Gasteiger partial charge in [0.2, 0.25) is 0 Å². The number of fused-ring (bicyclic) bond motifs is 5. The maximum atomic E-state index is 12.4. The van der Waals surface area contributed by atoms with Crippen LogP contribution in [-0.4, -0.2) is 55.4 Å². The first-order chi connectivity index (χ1) is 46.6. The lowest BCUT2D eigenvalue weighted by Crippen LogP contribution is -2.62. The van der Waals surface area contributed by atoms with E-state index in [9.17, 15) is 49.5 Å². The Balaban J connectivity index is 1.03. The molecule has 0 radical (unpaired) electrons. The van der Waals surface area contributed by atoms with Crippen LogP contribution in [0, 0.1) is 5.41 Å². The minimum absolute atomic E-state index is 0.0163. The number of carbonyl (C=O) groups is 5. The highest BCUT2D eigenvalue weighted by Crippen LogP contribution is 2.93. The maximum Gasteiger partial charge on any atom is 0.303 e. The van der Waals surface area contributed by atoms with Crippen molar-refractivity contribution in [3.05, 3.63) is 316 Å². The fraction of sp³-hybridized carbons (Fsp3) is 0.198. The Morgan fingerprint density at radius 2 is 0.438 bits per heavy atom. The lowest BCUT2D eigenvalue weighted by molar-refractivity contribution is -0.138. The van der Waals surface area contributed by atoms with Crippen LogP contribution < -0.4 is 0 Å². The second-order valence-electron chi connectivity index (χ2n) is 28.9. The molecule has 21 rings (SSSR count). The van der Waals surface area contributed by atoms with E-state index in [1.807, 2.05) is 0 Å². The van der Waals surface area contributed by atoms with E-state index in [4.69, 9.17) is 0 Å². The van der Waals surface area contributed by atoms with Crippen molar-refractivity contribution in [2.24, 2.45) is 5.41 Å². The molecule has 0 heterocycles. The van der Waals surface area contributed by atoms with Crippen molar-refractivity contribution < 1.29 is 49.5 Å². The summed E-state index contributed by atoms with van der Waals surface area (Å²) < 4.78 is 0. The first-order valence-corrected chi connectivity index (χ1v) is 33.6. The molecule has 0 fully saturated rings. The summed E-state index contributed by atoms with van der Waals surface area (Å²) in [6.45, 7) is 2.62. The average molecular weight is 1250 g/mol. The molecule has 462 valence electrons.